The van der Waals surface area contributed by atoms with Gasteiger partial charge in [-0.3, -0.25) is 23.9 Å². The van der Waals surface area contributed by atoms with Gasteiger partial charge in [-0.05, 0) is 113 Å². The van der Waals surface area contributed by atoms with Crippen LogP contribution in [-0.2, 0) is 20.8 Å². The Bertz CT molecular complexity index is 1380. The summed E-state index contributed by atoms with van der Waals surface area (Å²) in [6.07, 6.45) is 7.16. The number of carbonyl (C=O) groups excluding carboxylic acids is 4. The average Bonchev–Trinajstić information content (AvgIpc) is 3.86. The molecular weight excluding hydrogens is 551 g/mol. The van der Waals surface area contributed by atoms with Gasteiger partial charge in [0.15, 0.2) is 0 Å². The van der Waals surface area contributed by atoms with E-state index < -0.39 is 29.6 Å². The van der Waals surface area contributed by atoms with E-state index in [1.165, 1.54) is 20.8 Å². The van der Waals surface area contributed by atoms with Crippen LogP contribution < -0.4 is 21.3 Å². The first kappa shape index (κ1) is 30.7. The van der Waals surface area contributed by atoms with Crippen LogP contribution in [0.15, 0.2) is 30.5 Å². The smallest absolute Gasteiger partial charge is 0.270 e. The predicted molar refractivity (Wildman–Crippen MR) is 160 cm³/mol. The zero-order valence-corrected chi connectivity index (χ0v) is 25.6. The maximum absolute atomic E-state index is 14.7. The van der Waals surface area contributed by atoms with Gasteiger partial charge >= 0.3 is 0 Å². The van der Waals surface area contributed by atoms with Gasteiger partial charge in [-0.2, -0.15) is 5.10 Å². The lowest BCUT2D eigenvalue weighted by Gasteiger charge is -2.28. The lowest BCUT2D eigenvalue weighted by Crippen LogP contribution is -2.55. The van der Waals surface area contributed by atoms with Crippen molar-refractivity contribution in [2.24, 2.45) is 17.8 Å². The molecule has 1 heterocycles. The maximum Gasteiger partial charge on any atom is 0.270 e. The van der Waals surface area contributed by atoms with E-state index in [9.17, 15) is 23.6 Å². The number of nitrogens with zero attached hydrogens (tertiary/aromatic N) is 2. The molecule has 4 N–H and O–H groups in total. The topological polar surface area (TPSA) is 134 Å². The highest BCUT2D eigenvalue weighted by Crippen LogP contribution is 2.51. The highest BCUT2D eigenvalue weighted by Gasteiger charge is 2.48. The van der Waals surface area contributed by atoms with Crippen LogP contribution in [0.25, 0.3) is 0 Å². The Morgan fingerprint density at radius 1 is 0.977 bits per heavy atom. The second-order valence-electron chi connectivity index (χ2n) is 13.2. The largest absolute Gasteiger partial charge is 0.347 e. The molecule has 0 saturated heterocycles. The van der Waals surface area contributed by atoms with Gasteiger partial charge in [-0.15, -0.1) is 0 Å². The van der Waals surface area contributed by atoms with E-state index >= 15 is 0 Å². The molecule has 2 fully saturated rings. The summed E-state index contributed by atoms with van der Waals surface area (Å²) in [6.45, 7) is 7.68. The number of halogens is 1. The van der Waals surface area contributed by atoms with Gasteiger partial charge in [0.25, 0.3) is 5.91 Å². The number of benzene rings is 1. The zero-order chi connectivity index (χ0) is 31.1. The van der Waals surface area contributed by atoms with Crippen LogP contribution in [0.5, 0.6) is 0 Å². The number of aromatic nitrogens is 2. The normalized spacial score (nSPS) is 19.5. The minimum atomic E-state index is -1.94. The van der Waals surface area contributed by atoms with E-state index in [2.05, 4.69) is 26.4 Å². The van der Waals surface area contributed by atoms with Crippen molar-refractivity contribution in [2.75, 3.05) is 5.32 Å². The van der Waals surface area contributed by atoms with E-state index in [4.69, 9.17) is 0 Å². The molecule has 2 saturated carbocycles. The number of anilines is 1. The average molecular weight is 595 g/mol. The molecule has 11 heteroatoms. The van der Waals surface area contributed by atoms with E-state index in [1.54, 1.807) is 23.0 Å². The molecule has 0 radical (unpaired) electrons. The van der Waals surface area contributed by atoms with Gasteiger partial charge in [0.05, 0.1) is 6.04 Å². The molecule has 1 aromatic carbocycles. The molecule has 3 atom stereocenters. The summed E-state index contributed by atoms with van der Waals surface area (Å²) >= 11 is 0. The van der Waals surface area contributed by atoms with Crippen molar-refractivity contribution in [1.82, 2.24) is 25.7 Å². The Kier molecular flexibility index (Phi) is 8.63. The Morgan fingerprint density at radius 3 is 2.23 bits per heavy atom. The second-order valence-corrected chi connectivity index (χ2v) is 13.2. The molecule has 3 aliphatic carbocycles. The molecule has 0 unspecified atom stereocenters. The number of hydrogen-bond donors (Lipinski definition) is 4. The molecule has 2 aromatic rings. The molecule has 43 heavy (non-hydrogen) atoms. The van der Waals surface area contributed by atoms with Gasteiger partial charge in [0.2, 0.25) is 17.7 Å². The Balaban J connectivity index is 1.30. The first-order valence-corrected chi connectivity index (χ1v) is 15.4. The lowest BCUT2D eigenvalue weighted by molar-refractivity contribution is -0.132. The molecule has 1 aromatic heterocycles. The second kappa shape index (κ2) is 12.1. The fourth-order valence-corrected chi connectivity index (χ4v) is 6.42. The molecule has 3 aliphatic rings. The number of fused-ring (bicyclic) bond motifs is 1. The summed E-state index contributed by atoms with van der Waals surface area (Å²) in [5.74, 6) is -0.662. The molecule has 0 aliphatic heterocycles. The van der Waals surface area contributed by atoms with Crippen molar-refractivity contribution in [1.29, 1.82) is 0 Å². The highest BCUT2D eigenvalue weighted by atomic mass is 19.1. The van der Waals surface area contributed by atoms with Crippen molar-refractivity contribution >= 4 is 29.3 Å². The van der Waals surface area contributed by atoms with Gasteiger partial charge in [0.1, 0.15) is 23.4 Å². The van der Waals surface area contributed by atoms with Crippen LogP contribution in [-0.4, -0.2) is 51.2 Å². The van der Waals surface area contributed by atoms with Crippen LogP contribution in [0, 0.1) is 17.8 Å². The third-order valence-electron chi connectivity index (χ3n) is 8.78. The van der Waals surface area contributed by atoms with E-state index in [0.717, 1.165) is 36.8 Å². The summed E-state index contributed by atoms with van der Waals surface area (Å²) in [5, 5.41) is 15.7. The number of rotatable bonds is 12. The number of carbonyl (C=O) groups is 4. The third kappa shape index (κ3) is 7.08. The van der Waals surface area contributed by atoms with Gasteiger partial charge < -0.3 is 21.3 Å². The predicted octanol–water partition coefficient (Wildman–Crippen LogP) is 3.99. The monoisotopic (exact) mass is 594 g/mol. The van der Waals surface area contributed by atoms with Crippen LogP contribution in [0.1, 0.15) is 100 Å². The van der Waals surface area contributed by atoms with Gasteiger partial charge in [-0.25, -0.2) is 4.39 Å². The first-order valence-electron chi connectivity index (χ1n) is 15.4. The number of amides is 4. The molecule has 232 valence electrons. The summed E-state index contributed by atoms with van der Waals surface area (Å²) < 4.78 is 16.4. The Hall–Kier alpha value is -3.76. The fraction of sp³-hybridized carbons (Fsp3) is 0.594. The minimum Gasteiger partial charge on any atom is -0.347 e. The summed E-state index contributed by atoms with van der Waals surface area (Å²) in [6, 6.07) is 4.92. The maximum atomic E-state index is 14.7. The summed E-state index contributed by atoms with van der Waals surface area (Å²) in [5.41, 5.74) is 0.977. The molecule has 5 rings (SSSR count). The first-order chi connectivity index (χ1) is 20.3. The zero-order valence-electron chi connectivity index (χ0n) is 25.6. The van der Waals surface area contributed by atoms with Crippen molar-refractivity contribution in [3.8, 4) is 0 Å². The Labute approximate surface area is 251 Å². The standard InChI is InChI=1S/C32H43FN6O4/c1-17(2)39-25(14-15-34-39)29(41)38-27(26(19-6-7-19)20-8-9-20)30(42)36-22-11-12-23-21(16-22)10-13-24(23)37-31(43)28(32(4,5)33)35-18(3)40/h11-12,14-17,19-20,24,26-28H,6-10,13H2,1-5H3,(H,35,40)(H,36,42)(H,37,43)(H,38,41)/t24-,27+,28-/m1/s1. The summed E-state index contributed by atoms with van der Waals surface area (Å²) in [7, 11) is 0. The number of nitrogens with one attached hydrogen (secondary N) is 4. The van der Waals surface area contributed by atoms with Gasteiger partial charge in [0, 0.05) is 24.8 Å². The lowest BCUT2D eigenvalue weighted by atomic mass is 9.88. The molecule has 4 amide bonds. The van der Waals surface area contributed by atoms with Crippen LogP contribution in [0.4, 0.5) is 10.1 Å². The molecule has 0 spiro atoms. The molecule has 10 nitrogen and oxygen atoms in total. The van der Waals surface area contributed by atoms with Crippen molar-refractivity contribution in [3.05, 3.63) is 47.3 Å². The van der Waals surface area contributed by atoms with E-state index in [-0.39, 0.29) is 29.8 Å². The number of aryl methyl sites for hydroxylation is 1. The molecular formula is C32H43FN6O4. The van der Waals surface area contributed by atoms with Crippen LogP contribution in [0.2, 0.25) is 0 Å². The van der Waals surface area contributed by atoms with Crippen molar-refractivity contribution in [3.63, 3.8) is 0 Å². The van der Waals surface area contributed by atoms with Crippen molar-refractivity contribution < 1.29 is 23.6 Å². The fourth-order valence-electron chi connectivity index (χ4n) is 6.42. The molecule has 0 bridgehead atoms. The highest BCUT2D eigenvalue weighted by molar-refractivity contribution is 6.01. The quantitative estimate of drug-likeness (QED) is 0.295. The minimum absolute atomic E-state index is 0.00505. The Morgan fingerprint density at radius 2 is 1.65 bits per heavy atom. The number of hydrogen-bond acceptors (Lipinski definition) is 5. The van der Waals surface area contributed by atoms with Crippen LogP contribution >= 0.6 is 0 Å². The third-order valence-corrected chi connectivity index (χ3v) is 8.78. The van der Waals surface area contributed by atoms with E-state index in [1.807, 2.05) is 26.0 Å². The summed E-state index contributed by atoms with van der Waals surface area (Å²) in [4.78, 5) is 51.7. The van der Waals surface area contributed by atoms with Crippen molar-refractivity contribution in [2.45, 2.75) is 103 Å². The SMILES string of the molecule is CC(=O)N[C@H](C(=O)N[C@@H]1CCc2cc(NC(=O)[C@@H](NC(=O)c3ccnn3C(C)C)C(C3CC3)C3CC3)ccc21)C(C)(C)F. The van der Waals surface area contributed by atoms with E-state index in [0.29, 0.717) is 36.1 Å². The van der Waals surface area contributed by atoms with Crippen LogP contribution in [0.3, 0.4) is 0 Å². The van der Waals surface area contributed by atoms with Gasteiger partial charge in [-0.1, -0.05) is 6.07 Å². The number of alkyl halides is 1.